The van der Waals surface area contributed by atoms with Gasteiger partial charge in [0.05, 0.1) is 35.8 Å². The van der Waals surface area contributed by atoms with Crippen LogP contribution in [0.2, 0.25) is 0 Å². The van der Waals surface area contributed by atoms with E-state index in [0.29, 0.717) is 0 Å². The normalized spacial score (nSPS) is 6.49. The number of hydrogen-bond donors (Lipinski definition) is 0. The Bertz CT molecular complexity index is 662. The van der Waals surface area contributed by atoms with Crippen LogP contribution in [0.15, 0.2) is 0 Å². The molecule has 14 N–H and O–H groups in total. The van der Waals surface area contributed by atoms with Gasteiger partial charge in [-0.1, -0.05) is 0 Å². The van der Waals surface area contributed by atoms with E-state index in [4.69, 9.17) is 0 Å². The maximum Gasteiger partial charge on any atom is 1.00 e. The summed E-state index contributed by atoms with van der Waals surface area (Å²) in [5.41, 5.74) is -12.0. The van der Waals surface area contributed by atoms with Crippen LogP contribution in [0, 0.1) is 0 Å². The topological polar surface area (TPSA) is 461 Å². The Kier molecular flexibility index (Phi) is 96.8. The van der Waals surface area contributed by atoms with Gasteiger partial charge in [-0.2, -0.15) is 0 Å². The Hall–Kier alpha value is 8.07. The summed E-state index contributed by atoms with van der Waals surface area (Å²) in [6.07, 6.45) is 0. The van der Waals surface area contributed by atoms with E-state index in [1.165, 1.54) is 0 Å². The van der Waals surface area contributed by atoms with Gasteiger partial charge in [-0.05, 0) is 0 Å². The molecule has 0 aromatic heterocycles. The third-order valence-electron chi connectivity index (χ3n) is 2.72. The van der Waals surface area contributed by atoms with E-state index in [1.54, 1.807) is 0 Å². The van der Waals surface area contributed by atoms with Gasteiger partial charge in [0.15, 0.2) is 0 Å². The van der Waals surface area contributed by atoms with E-state index in [0.717, 1.165) is 0 Å². The van der Waals surface area contributed by atoms with Crippen LogP contribution in [0.25, 0.3) is 0 Å². The largest absolute Gasteiger partial charge is 1.00 e. The van der Waals surface area contributed by atoms with Crippen molar-refractivity contribution in [3.8, 4) is 0 Å². The maximum absolute atomic E-state index is 11.0. The second-order valence-corrected chi connectivity index (χ2v) is 3.97. The van der Waals surface area contributed by atoms with Crippen LogP contribution in [-0.4, -0.2) is 74.1 Å². The van der Waals surface area contributed by atoms with Crippen molar-refractivity contribution in [2.45, 2.75) is 0 Å². The third-order valence-corrected chi connectivity index (χ3v) is 2.72. The minimum absolute atomic E-state index is 0. The zero-order valence-electron chi connectivity index (χ0n) is 20.4. The van der Waals surface area contributed by atoms with Gasteiger partial charge in [0.1, 0.15) is 0 Å². The van der Waals surface area contributed by atoms with Crippen molar-refractivity contribution in [1.82, 2.24) is 0 Å². The van der Waals surface area contributed by atoms with Crippen molar-refractivity contribution in [2.24, 2.45) is 0 Å². The molecular weight excluding hydrogens is 1250 g/mol. The summed E-state index contributed by atoms with van der Waals surface area (Å²) in [5, 5.41) is 66.0. The fraction of sp³-hybridized carbons (Fsp3) is 0. The van der Waals surface area contributed by atoms with E-state index in [-0.39, 0.29) is 452 Å². The Labute approximate surface area is 560 Å². The summed E-state index contributed by atoms with van der Waals surface area (Å²) in [6.45, 7) is 0. The monoisotopic (exact) mass is 1260 g/mol. The average molecular weight is 1260 g/mol. The zero-order chi connectivity index (χ0) is 18.9. The van der Waals surface area contributed by atoms with Gasteiger partial charge in [0.2, 0.25) is 0 Å². The third kappa shape index (κ3) is 24.8. The minimum Gasteiger partial charge on any atom is -0.545 e. The summed E-state index contributed by atoms with van der Waals surface area (Å²) >= 11 is 0. The summed E-state index contributed by atoms with van der Waals surface area (Å²) < 4.78 is 0. The molecule has 0 amide bonds. The van der Waals surface area contributed by atoms with Gasteiger partial charge in [0, 0.05) is 33.4 Å². The SMILES string of the molecule is O.O.O.O.O.O.O.O=C([O-])c1c(C(=O)[O-])c(C(=O)[O-])c(C(=O)[O-])c(C(=O)[O-])c1C(=O)[O-].[Cs+].[Cs+].[Cs+].[Cs+].[Cs+].[Cs+]. The summed E-state index contributed by atoms with van der Waals surface area (Å²) in [6, 6.07) is 0. The molecule has 0 spiro atoms. The Morgan fingerprint density at radius 1 is 0.270 bits per heavy atom. The molecule has 37 heavy (non-hydrogen) atoms. The fourth-order valence-corrected chi connectivity index (χ4v) is 1.97. The molecule has 1 aromatic carbocycles. The minimum atomic E-state index is -2.66. The average Bonchev–Trinajstić information content (AvgIpc) is 2.42. The molecule has 0 fully saturated rings. The number of carboxylic acid groups (broad SMARTS) is 6. The molecule has 0 aliphatic heterocycles. The molecule has 0 atom stereocenters. The van der Waals surface area contributed by atoms with Crippen LogP contribution in [0.5, 0.6) is 0 Å². The molecule has 25 heteroatoms. The molecule has 1 rings (SSSR count). The van der Waals surface area contributed by atoms with Gasteiger partial charge in [-0.15, -0.1) is 0 Å². The first kappa shape index (κ1) is 85.1. The summed E-state index contributed by atoms with van der Waals surface area (Å²) in [5.74, 6) is -16.0. The zero-order valence-corrected chi connectivity index (χ0v) is 58.1. The second kappa shape index (κ2) is 42.1. The number of benzene rings is 1. The van der Waals surface area contributed by atoms with E-state index in [9.17, 15) is 59.4 Å². The fourth-order valence-electron chi connectivity index (χ4n) is 1.97. The molecule has 0 bridgehead atoms. The molecule has 182 valence electrons. The number of rotatable bonds is 6. The van der Waals surface area contributed by atoms with Gasteiger partial charge in [-0.3, -0.25) is 0 Å². The molecule has 0 saturated heterocycles. The van der Waals surface area contributed by atoms with Crippen molar-refractivity contribution in [3.05, 3.63) is 33.4 Å². The Morgan fingerprint density at radius 2 is 0.324 bits per heavy atom. The Morgan fingerprint density at radius 3 is 0.351 bits per heavy atom. The van der Waals surface area contributed by atoms with Gasteiger partial charge in [-0.25, -0.2) is 0 Å². The quantitative estimate of drug-likeness (QED) is 0.256. The van der Waals surface area contributed by atoms with Crippen molar-refractivity contribution in [1.29, 1.82) is 0 Å². The summed E-state index contributed by atoms with van der Waals surface area (Å²) in [4.78, 5) is 66.0. The number of carbonyl (C=O) groups is 6. The number of carbonyl (C=O) groups excluding carboxylic acids is 6. The molecular formula is C12H14Cs6O19. The van der Waals surface area contributed by atoms with E-state index in [2.05, 4.69) is 0 Å². The first-order chi connectivity index (χ1) is 10.9. The van der Waals surface area contributed by atoms with Crippen LogP contribution >= 0.6 is 0 Å². The van der Waals surface area contributed by atoms with Crippen molar-refractivity contribution < 1.29 is 511 Å². The first-order valence-electron chi connectivity index (χ1n) is 5.45. The molecule has 0 radical (unpaired) electrons. The summed E-state index contributed by atoms with van der Waals surface area (Å²) in [7, 11) is 0. The van der Waals surface area contributed by atoms with Crippen molar-refractivity contribution >= 4 is 35.8 Å². The number of aromatic carboxylic acids is 6. The molecule has 0 unspecified atom stereocenters. The molecule has 19 nitrogen and oxygen atoms in total. The molecule has 0 aliphatic rings. The first-order valence-corrected chi connectivity index (χ1v) is 5.45. The molecule has 1 aromatic rings. The van der Waals surface area contributed by atoms with Crippen LogP contribution < -0.4 is 444 Å². The van der Waals surface area contributed by atoms with Crippen LogP contribution in [0.1, 0.15) is 62.1 Å². The Balaban J connectivity index is -0.0000000403. The second-order valence-electron chi connectivity index (χ2n) is 3.97. The number of hydrogen-bond acceptors (Lipinski definition) is 12. The predicted octanol–water partition coefficient (Wildman–Crippen LogP) is -31.9. The smallest absolute Gasteiger partial charge is 0.545 e. The van der Waals surface area contributed by atoms with Crippen molar-refractivity contribution in [3.63, 3.8) is 0 Å². The van der Waals surface area contributed by atoms with E-state index >= 15 is 0 Å². The predicted molar refractivity (Wildman–Crippen MR) is 77.7 cm³/mol. The van der Waals surface area contributed by atoms with Gasteiger partial charge < -0.3 is 97.7 Å². The molecule has 0 saturated carbocycles. The number of carboxylic acids is 6. The van der Waals surface area contributed by atoms with E-state index < -0.39 is 69.2 Å². The van der Waals surface area contributed by atoms with E-state index in [1.807, 2.05) is 0 Å². The molecule has 0 heterocycles. The standard InChI is InChI=1S/C12H6O12.6Cs.7H2O/c13-7(14)1-2(8(15)16)4(10(19)20)6(12(23)24)5(11(21)22)3(1)9(17)18;;;;;;;;;;;;;/h(H,13,14)(H,15,16)(H,17,18)(H,19,20)(H,21,22)(H,23,24);;;;;;;7*1H2/q;6*+1;;;;;;;/p-6. The maximum atomic E-state index is 11.0. The van der Waals surface area contributed by atoms with Gasteiger partial charge in [0.25, 0.3) is 0 Å². The van der Waals surface area contributed by atoms with Crippen molar-refractivity contribution in [2.75, 3.05) is 0 Å². The van der Waals surface area contributed by atoms with Crippen LogP contribution in [0.3, 0.4) is 0 Å². The van der Waals surface area contributed by atoms with Crippen LogP contribution in [0.4, 0.5) is 0 Å². The van der Waals surface area contributed by atoms with Gasteiger partial charge >= 0.3 is 413 Å². The van der Waals surface area contributed by atoms with Crippen LogP contribution in [-0.2, 0) is 0 Å². The molecule has 0 aliphatic carbocycles.